The van der Waals surface area contributed by atoms with E-state index < -0.39 is 17.7 Å². The van der Waals surface area contributed by atoms with E-state index in [1.165, 1.54) is 12.1 Å². The van der Waals surface area contributed by atoms with Crippen LogP contribution in [0.3, 0.4) is 0 Å². The molecular weight excluding hydrogens is 256 g/mol. The normalized spacial score (nSPS) is 13.3. The number of rotatable bonds is 2. The molecule has 0 saturated carbocycles. The monoisotopic (exact) mass is 275 g/mol. The molecule has 1 unspecified atom stereocenters. The smallest absolute Gasteiger partial charge is 0.159 e. The van der Waals surface area contributed by atoms with Crippen LogP contribution in [-0.2, 0) is 5.41 Å². The highest BCUT2D eigenvalue weighted by molar-refractivity contribution is 5.40. The van der Waals surface area contributed by atoms with Crippen LogP contribution in [-0.4, -0.2) is 0 Å². The SMILES string of the molecule is CC(C)(C)c1ccccc1C(N)c1ccc(F)c(F)c1. The number of halogens is 2. The van der Waals surface area contributed by atoms with Crippen molar-refractivity contribution in [3.63, 3.8) is 0 Å². The van der Waals surface area contributed by atoms with E-state index in [0.29, 0.717) is 5.56 Å². The van der Waals surface area contributed by atoms with Gasteiger partial charge in [-0.05, 0) is 34.2 Å². The quantitative estimate of drug-likeness (QED) is 0.868. The summed E-state index contributed by atoms with van der Waals surface area (Å²) in [6.45, 7) is 6.30. The summed E-state index contributed by atoms with van der Waals surface area (Å²) >= 11 is 0. The lowest BCUT2D eigenvalue weighted by molar-refractivity contribution is 0.506. The molecule has 20 heavy (non-hydrogen) atoms. The molecule has 0 amide bonds. The summed E-state index contributed by atoms with van der Waals surface area (Å²) in [6, 6.07) is 11.2. The molecule has 0 aromatic heterocycles. The second-order valence-electron chi connectivity index (χ2n) is 5.99. The van der Waals surface area contributed by atoms with Crippen molar-refractivity contribution < 1.29 is 8.78 Å². The lowest BCUT2D eigenvalue weighted by atomic mass is 9.81. The van der Waals surface area contributed by atoms with Gasteiger partial charge in [-0.2, -0.15) is 0 Å². The Morgan fingerprint density at radius 3 is 2.20 bits per heavy atom. The minimum absolute atomic E-state index is 0.0627. The molecule has 2 rings (SSSR count). The molecule has 0 aliphatic carbocycles. The molecule has 2 aromatic carbocycles. The van der Waals surface area contributed by atoms with Gasteiger partial charge in [0.2, 0.25) is 0 Å². The van der Waals surface area contributed by atoms with Crippen molar-refractivity contribution in [1.29, 1.82) is 0 Å². The van der Waals surface area contributed by atoms with E-state index in [0.717, 1.165) is 17.2 Å². The zero-order chi connectivity index (χ0) is 14.9. The molecule has 0 bridgehead atoms. The average molecular weight is 275 g/mol. The summed E-state index contributed by atoms with van der Waals surface area (Å²) in [7, 11) is 0. The van der Waals surface area contributed by atoms with Gasteiger partial charge in [-0.25, -0.2) is 8.78 Å². The summed E-state index contributed by atoms with van der Waals surface area (Å²) in [5.74, 6) is -1.73. The van der Waals surface area contributed by atoms with E-state index in [1.54, 1.807) is 0 Å². The minimum atomic E-state index is -0.869. The number of nitrogens with two attached hydrogens (primary N) is 1. The lowest BCUT2D eigenvalue weighted by Crippen LogP contribution is -2.20. The number of benzene rings is 2. The standard InChI is InChI=1S/C17H19F2N/c1-17(2,3)13-7-5-4-6-12(13)16(20)11-8-9-14(18)15(19)10-11/h4-10,16H,20H2,1-3H3. The van der Waals surface area contributed by atoms with E-state index >= 15 is 0 Å². The van der Waals surface area contributed by atoms with Gasteiger partial charge in [-0.3, -0.25) is 0 Å². The largest absolute Gasteiger partial charge is 0.320 e. The fourth-order valence-electron chi connectivity index (χ4n) is 2.34. The average Bonchev–Trinajstić information content (AvgIpc) is 2.40. The van der Waals surface area contributed by atoms with Gasteiger partial charge in [0.1, 0.15) is 0 Å². The molecule has 1 atom stereocenters. The molecule has 1 nitrogen and oxygen atoms in total. The highest BCUT2D eigenvalue weighted by Crippen LogP contribution is 2.31. The zero-order valence-corrected chi connectivity index (χ0v) is 12.0. The third-order valence-electron chi connectivity index (χ3n) is 3.41. The van der Waals surface area contributed by atoms with Crippen molar-refractivity contribution in [2.45, 2.75) is 32.2 Å². The van der Waals surface area contributed by atoms with Crippen LogP contribution in [0.5, 0.6) is 0 Å². The Morgan fingerprint density at radius 2 is 1.60 bits per heavy atom. The topological polar surface area (TPSA) is 26.0 Å². The van der Waals surface area contributed by atoms with Crippen molar-refractivity contribution in [1.82, 2.24) is 0 Å². The minimum Gasteiger partial charge on any atom is -0.320 e. The molecule has 2 aromatic rings. The van der Waals surface area contributed by atoms with Gasteiger partial charge in [0, 0.05) is 0 Å². The predicted molar refractivity (Wildman–Crippen MR) is 77.5 cm³/mol. The Kier molecular flexibility index (Phi) is 3.91. The van der Waals surface area contributed by atoms with Crippen LogP contribution in [0.1, 0.15) is 43.5 Å². The molecule has 0 saturated heterocycles. The van der Waals surface area contributed by atoms with Gasteiger partial charge in [0.15, 0.2) is 11.6 Å². The number of hydrogen-bond acceptors (Lipinski definition) is 1. The maximum absolute atomic E-state index is 13.4. The fourth-order valence-corrected chi connectivity index (χ4v) is 2.34. The summed E-state index contributed by atoms with van der Waals surface area (Å²) in [4.78, 5) is 0. The van der Waals surface area contributed by atoms with Crippen molar-refractivity contribution in [3.8, 4) is 0 Å². The lowest BCUT2D eigenvalue weighted by Gasteiger charge is -2.26. The van der Waals surface area contributed by atoms with Gasteiger partial charge in [-0.15, -0.1) is 0 Å². The van der Waals surface area contributed by atoms with Crippen LogP contribution >= 0.6 is 0 Å². The van der Waals surface area contributed by atoms with Crippen LogP contribution in [0.15, 0.2) is 42.5 Å². The second kappa shape index (κ2) is 5.33. The Morgan fingerprint density at radius 1 is 0.950 bits per heavy atom. The maximum Gasteiger partial charge on any atom is 0.159 e. The second-order valence-corrected chi connectivity index (χ2v) is 5.99. The first kappa shape index (κ1) is 14.7. The van der Waals surface area contributed by atoms with E-state index in [4.69, 9.17) is 5.73 Å². The summed E-state index contributed by atoms with van der Waals surface area (Å²) < 4.78 is 26.4. The fraction of sp³-hybridized carbons (Fsp3) is 0.294. The molecule has 3 heteroatoms. The molecule has 0 aliphatic heterocycles. The van der Waals surface area contributed by atoms with E-state index in [1.807, 2.05) is 24.3 Å². The molecule has 0 radical (unpaired) electrons. The molecule has 0 fully saturated rings. The summed E-state index contributed by atoms with van der Waals surface area (Å²) in [6.07, 6.45) is 0. The summed E-state index contributed by atoms with van der Waals surface area (Å²) in [5, 5.41) is 0. The Balaban J connectivity index is 2.48. The van der Waals surface area contributed by atoms with Gasteiger partial charge in [-0.1, -0.05) is 51.1 Å². The number of hydrogen-bond donors (Lipinski definition) is 1. The van der Waals surface area contributed by atoms with Crippen molar-refractivity contribution >= 4 is 0 Å². The molecular formula is C17H19F2N. The van der Waals surface area contributed by atoms with E-state index in [2.05, 4.69) is 20.8 Å². The highest BCUT2D eigenvalue weighted by Gasteiger charge is 2.22. The van der Waals surface area contributed by atoms with Gasteiger partial charge < -0.3 is 5.73 Å². The third-order valence-corrected chi connectivity index (χ3v) is 3.41. The van der Waals surface area contributed by atoms with Crippen molar-refractivity contribution in [2.24, 2.45) is 5.73 Å². The first-order valence-corrected chi connectivity index (χ1v) is 6.60. The maximum atomic E-state index is 13.4. The molecule has 0 spiro atoms. The van der Waals surface area contributed by atoms with Gasteiger partial charge in [0.05, 0.1) is 6.04 Å². The van der Waals surface area contributed by atoms with Crippen LogP contribution < -0.4 is 5.73 Å². The molecule has 0 heterocycles. The first-order chi connectivity index (χ1) is 9.30. The van der Waals surface area contributed by atoms with E-state index in [-0.39, 0.29) is 5.41 Å². The van der Waals surface area contributed by atoms with Gasteiger partial charge in [0.25, 0.3) is 0 Å². The Hall–Kier alpha value is -1.74. The Labute approximate surface area is 118 Å². The third kappa shape index (κ3) is 2.88. The summed E-state index contributed by atoms with van der Waals surface area (Å²) in [5.41, 5.74) is 8.80. The van der Waals surface area contributed by atoms with Crippen LogP contribution in [0.2, 0.25) is 0 Å². The molecule has 0 aliphatic rings. The first-order valence-electron chi connectivity index (χ1n) is 6.60. The van der Waals surface area contributed by atoms with Crippen LogP contribution in [0, 0.1) is 11.6 Å². The molecule has 106 valence electrons. The molecule has 2 N–H and O–H groups in total. The van der Waals surface area contributed by atoms with Crippen molar-refractivity contribution in [2.75, 3.05) is 0 Å². The van der Waals surface area contributed by atoms with Crippen LogP contribution in [0.25, 0.3) is 0 Å². The Bertz CT molecular complexity index is 615. The predicted octanol–water partition coefficient (Wildman–Crippen LogP) is 4.31. The van der Waals surface area contributed by atoms with Crippen molar-refractivity contribution in [3.05, 3.63) is 70.8 Å². The zero-order valence-electron chi connectivity index (χ0n) is 12.0. The van der Waals surface area contributed by atoms with Gasteiger partial charge >= 0.3 is 0 Å². The highest BCUT2D eigenvalue weighted by atomic mass is 19.2. The van der Waals surface area contributed by atoms with Crippen LogP contribution in [0.4, 0.5) is 8.78 Å². The van der Waals surface area contributed by atoms with E-state index in [9.17, 15) is 8.78 Å².